The van der Waals surface area contributed by atoms with Crippen molar-refractivity contribution in [2.24, 2.45) is 4.99 Å². The predicted molar refractivity (Wildman–Crippen MR) is 196 cm³/mol. The van der Waals surface area contributed by atoms with Crippen LogP contribution in [0.1, 0.15) is 78.5 Å². The van der Waals surface area contributed by atoms with Gasteiger partial charge in [0.25, 0.3) is 0 Å². The van der Waals surface area contributed by atoms with Crippen molar-refractivity contribution in [2.45, 2.75) is 45.1 Å². The first-order chi connectivity index (χ1) is 22.2. The largest absolute Gasteiger partial charge is 2.00 e. The van der Waals surface area contributed by atoms with Gasteiger partial charge in [-0.05, 0) is 45.9 Å². The van der Waals surface area contributed by atoms with Crippen molar-refractivity contribution in [2.75, 3.05) is 0 Å². The second-order valence-corrected chi connectivity index (χ2v) is 12.3. The van der Waals surface area contributed by atoms with Crippen molar-refractivity contribution in [3.05, 3.63) is 198 Å². The van der Waals surface area contributed by atoms with E-state index in [1.165, 1.54) is 11.1 Å². The second kappa shape index (κ2) is 16.1. The molecule has 0 fully saturated rings. The average Bonchev–Trinajstić information content (AvgIpc) is 3.31. The predicted octanol–water partition coefficient (Wildman–Crippen LogP) is 11.2. The number of para-hydroxylation sites is 1. The molecule has 6 aromatic rings. The van der Waals surface area contributed by atoms with Crippen molar-refractivity contribution in [1.82, 2.24) is 0 Å². The molecule has 47 heavy (non-hydrogen) atoms. The summed E-state index contributed by atoms with van der Waals surface area (Å²) in [5.74, 6) is 0.544. The van der Waals surface area contributed by atoms with Crippen LogP contribution in [0.5, 0.6) is 0 Å². The molecule has 1 N–H and O–H groups in total. The molecule has 0 saturated carbocycles. The van der Waals surface area contributed by atoms with E-state index in [-0.39, 0.29) is 38.0 Å². The van der Waals surface area contributed by atoms with E-state index in [0.29, 0.717) is 5.71 Å². The molecule has 234 valence electrons. The molecule has 1 unspecified atom stereocenters. The van der Waals surface area contributed by atoms with Gasteiger partial charge in [-0.25, -0.2) is 4.99 Å². The van der Waals surface area contributed by atoms with Crippen molar-refractivity contribution < 1.29 is 31.3 Å². The number of aliphatic hydroxyl groups is 1. The van der Waals surface area contributed by atoms with Gasteiger partial charge in [-0.1, -0.05) is 113 Å². The SMILES string of the molecule is CC(C)c1cccc(C(C)C)c1C1(O)C(=Nc2ccccc2)c2cccc3cccc1c23.[CH2-]c1ccccc1.[CH2-]c1ccccc1.[Zr+2]. The summed E-state index contributed by atoms with van der Waals surface area (Å²) in [5, 5.41) is 15.1. The Morgan fingerprint density at radius 2 is 1.00 bits per heavy atom. The normalized spacial score (nSPS) is 15.4. The van der Waals surface area contributed by atoms with Gasteiger partial charge in [0, 0.05) is 16.7 Å². The minimum absolute atomic E-state index is 0. The molecular weight excluding hydrogens is 650 g/mol. The van der Waals surface area contributed by atoms with Gasteiger partial charge >= 0.3 is 26.2 Å². The summed E-state index contributed by atoms with van der Waals surface area (Å²) < 4.78 is 0. The fourth-order valence-corrected chi connectivity index (χ4v) is 6.11. The van der Waals surface area contributed by atoms with Gasteiger partial charge in [-0.2, -0.15) is 49.2 Å². The smallest absolute Gasteiger partial charge is 0.374 e. The number of hydrogen-bond acceptors (Lipinski definition) is 2. The zero-order valence-electron chi connectivity index (χ0n) is 27.8. The Labute approximate surface area is 300 Å². The molecule has 0 bridgehead atoms. The molecule has 2 nitrogen and oxygen atoms in total. The molecule has 1 aliphatic rings. The minimum Gasteiger partial charge on any atom is -0.374 e. The molecular formula is C44H43NOZr. The maximum atomic E-state index is 12.8. The Balaban J connectivity index is 0.000000275. The van der Waals surface area contributed by atoms with Crippen LogP contribution in [0.4, 0.5) is 5.69 Å². The van der Waals surface area contributed by atoms with Crippen LogP contribution in [0.3, 0.4) is 0 Å². The van der Waals surface area contributed by atoms with Crippen LogP contribution in [-0.2, 0) is 31.8 Å². The third-order valence-corrected chi connectivity index (χ3v) is 8.31. The fourth-order valence-electron chi connectivity index (χ4n) is 6.11. The number of rotatable bonds is 4. The van der Waals surface area contributed by atoms with Gasteiger partial charge in [0.05, 0.1) is 11.4 Å². The van der Waals surface area contributed by atoms with E-state index in [9.17, 15) is 5.11 Å². The molecule has 0 radical (unpaired) electrons. The Kier molecular flexibility index (Phi) is 12.2. The van der Waals surface area contributed by atoms with Crippen LogP contribution >= 0.6 is 0 Å². The Morgan fingerprint density at radius 3 is 1.45 bits per heavy atom. The Hall–Kier alpha value is -4.17. The first kappa shape index (κ1) is 35.7. The summed E-state index contributed by atoms with van der Waals surface area (Å²) in [6.07, 6.45) is 0. The summed E-state index contributed by atoms with van der Waals surface area (Å²) in [7, 11) is 0. The maximum absolute atomic E-state index is 12.8. The number of aliphatic imine (C=N–C) groups is 1. The molecule has 3 heteroatoms. The van der Waals surface area contributed by atoms with Gasteiger partial charge in [-0.15, -0.1) is 24.3 Å². The number of nitrogens with zero attached hydrogens (tertiary/aromatic N) is 1. The Bertz CT molecular complexity index is 1840. The minimum atomic E-state index is -1.32. The summed E-state index contributed by atoms with van der Waals surface area (Å²) >= 11 is 0. The average molecular weight is 693 g/mol. The summed E-state index contributed by atoms with van der Waals surface area (Å²) in [6.45, 7) is 16.2. The third kappa shape index (κ3) is 7.87. The molecule has 0 amide bonds. The van der Waals surface area contributed by atoms with Gasteiger partial charge in [0.15, 0.2) is 5.60 Å². The van der Waals surface area contributed by atoms with Gasteiger partial charge in [0.2, 0.25) is 0 Å². The fraction of sp³-hybridized carbons (Fsp3) is 0.159. The molecule has 0 aliphatic heterocycles. The number of hydrogen-bond donors (Lipinski definition) is 1. The maximum Gasteiger partial charge on any atom is 2.00 e. The van der Waals surface area contributed by atoms with Crippen molar-refractivity contribution in [3.8, 4) is 0 Å². The van der Waals surface area contributed by atoms with Crippen molar-refractivity contribution in [3.63, 3.8) is 0 Å². The van der Waals surface area contributed by atoms with Crippen LogP contribution in [0.25, 0.3) is 10.8 Å². The van der Waals surface area contributed by atoms with E-state index in [1.807, 2.05) is 97.1 Å². The molecule has 0 saturated heterocycles. The standard InChI is InChI=1S/C30H29NO.2C7H7.Zr/c1-19(2)23-15-10-16-24(20(3)4)28(23)30(32)26-18-9-12-21-11-8-17-25(27(21)26)29(30)31-22-13-6-5-7-14-22;2*1-7-5-3-2-4-6-7;/h5-20,32H,1-4H3;2*2-6H,1H2;/q;2*-1;+2. The van der Waals surface area contributed by atoms with E-state index in [4.69, 9.17) is 4.99 Å². The molecule has 1 aliphatic carbocycles. The van der Waals surface area contributed by atoms with Gasteiger partial charge < -0.3 is 5.11 Å². The monoisotopic (exact) mass is 691 g/mol. The first-order valence-electron chi connectivity index (χ1n) is 16.0. The Morgan fingerprint density at radius 1 is 0.553 bits per heavy atom. The van der Waals surface area contributed by atoms with Gasteiger partial charge in [-0.3, -0.25) is 0 Å². The first-order valence-corrected chi connectivity index (χ1v) is 16.0. The van der Waals surface area contributed by atoms with Crippen LogP contribution in [0.15, 0.2) is 151 Å². The summed E-state index contributed by atoms with van der Waals surface area (Å²) in [6, 6.07) is 48.7. The second-order valence-electron chi connectivity index (χ2n) is 12.3. The topological polar surface area (TPSA) is 32.6 Å². The van der Waals surface area contributed by atoms with E-state index < -0.39 is 5.60 Å². The zero-order chi connectivity index (χ0) is 32.7. The van der Waals surface area contributed by atoms with Gasteiger partial charge in [0.1, 0.15) is 0 Å². The van der Waals surface area contributed by atoms with Crippen LogP contribution < -0.4 is 0 Å². The summed E-state index contributed by atoms with van der Waals surface area (Å²) in [5.41, 5.74) is 7.65. The van der Waals surface area contributed by atoms with Crippen LogP contribution in [0, 0.1) is 13.8 Å². The van der Waals surface area contributed by atoms with E-state index in [2.05, 4.69) is 90.1 Å². The number of benzene rings is 6. The molecule has 0 aromatic heterocycles. The quantitative estimate of drug-likeness (QED) is 0.183. The third-order valence-electron chi connectivity index (χ3n) is 8.31. The van der Waals surface area contributed by atoms with E-state index in [0.717, 1.165) is 44.3 Å². The molecule has 0 spiro atoms. The molecule has 0 heterocycles. The van der Waals surface area contributed by atoms with Crippen molar-refractivity contribution >= 4 is 22.2 Å². The van der Waals surface area contributed by atoms with Crippen LogP contribution in [0.2, 0.25) is 0 Å². The zero-order valence-corrected chi connectivity index (χ0v) is 30.3. The summed E-state index contributed by atoms with van der Waals surface area (Å²) in [4.78, 5) is 5.10. The van der Waals surface area contributed by atoms with Crippen molar-refractivity contribution in [1.29, 1.82) is 0 Å². The van der Waals surface area contributed by atoms with E-state index >= 15 is 0 Å². The molecule has 1 atom stereocenters. The molecule has 6 aromatic carbocycles. The van der Waals surface area contributed by atoms with Crippen LogP contribution in [-0.4, -0.2) is 10.8 Å². The van der Waals surface area contributed by atoms with E-state index in [1.54, 1.807) is 0 Å². The molecule has 7 rings (SSSR count).